The van der Waals surface area contributed by atoms with Gasteiger partial charge < -0.3 is 4.74 Å². The van der Waals surface area contributed by atoms with Gasteiger partial charge in [-0.2, -0.15) is 0 Å². The van der Waals surface area contributed by atoms with Crippen LogP contribution in [0.15, 0.2) is 31.0 Å². The van der Waals surface area contributed by atoms with Gasteiger partial charge in [-0.3, -0.25) is 4.98 Å². The van der Waals surface area contributed by atoms with Crippen molar-refractivity contribution in [3.8, 4) is 0 Å². The summed E-state index contributed by atoms with van der Waals surface area (Å²) in [5.41, 5.74) is 3.98. The molecule has 0 radical (unpaired) electrons. The van der Waals surface area contributed by atoms with Crippen LogP contribution in [0.1, 0.15) is 48.0 Å². The van der Waals surface area contributed by atoms with Crippen molar-refractivity contribution in [2.45, 2.75) is 27.7 Å². The normalized spacial score (nSPS) is 11.7. The highest BCUT2D eigenvalue weighted by Gasteiger charge is 2.19. The molecule has 0 saturated heterocycles. The van der Waals surface area contributed by atoms with E-state index in [4.69, 9.17) is 4.74 Å². The zero-order valence-electron chi connectivity index (χ0n) is 12.6. The molecule has 3 nitrogen and oxygen atoms in total. The Morgan fingerprint density at radius 2 is 2.15 bits per heavy atom. The van der Waals surface area contributed by atoms with E-state index >= 15 is 0 Å². The molecule has 0 atom stereocenters. The summed E-state index contributed by atoms with van der Waals surface area (Å²) < 4.78 is 5.12. The average molecular weight is 271 g/mol. The number of rotatable bonds is 5. The molecule has 0 aliphatic carbocycles. The van der Waals surface area contributed by atoms with Crippen molar-refractivity contribution in [1.82, 2.24) is 4.98 Å². The summed E-state index contributed by atoms with van der Waals surface area (Å²) in [6, 6.07) is 0. The molecule has 106 valence electrons. The van der Waals surface area contributed by atoms with Gasteiger partial charge in [0.15, 0.2) is 0 Å². The molecule has 0 aromatic carbocycles. The van der Waals surface area contributed by atoms with Crippen LogP contribution in [-0.4, -0.2) is 17.6 Å². The fraction of sp³-hybridized carbons (Fsp3) is 0.294. The Bertz CT molecular complexity index is 569. The predicted molar refractivity (Wildman–Crippen MR) is 83.5 cm³/mol. The zero-order chi connectivity index (χ0) is 15.1. The minimum atomic E-state index is -0.359. The van der Waals surface area contributed by atoms with Gasteiger partial charge in [0, 0.05) is 23.0 Å². The second-order valence-corrected chi connectivity index (χ2v) is 4.21. The molecule has 0 aliphatic rings. The van der Waals surface area contributed by atoms with E-state index in [2.05, 4.69) is 11.6 Å². The smallest absolute Gasteiger partial charge is 0.340 e. The van der Waals surface area contributed by atoms with Gasteiger partial charge in [-0.05, 0) is 33.3 Å². The van der Waals surface area contributed by atoms with Crippen LogP contribution in [-0.2, 0) is 4.74 Å². The fourth-order valence-corrected chi connectivity index (χ4v) is 2.03. The van der Waals surface area contributed by atoms with Gasteiger partial charge in [0.2, 0.25) is 0 Å². The quantitative estimate of drug-likeness (QED) is 0.595. The number of carbonyl (C=O) groups excluding carboxylic acids is 1. The highest BCUT2D eigenvalue weighted by atomic mass is 16.5. The van der Waals surface area contributed by atoms with Gasteiger partial charge in [-0.15, -0.1) is 0 Å². The summed E-state index contributed by atoms with van der Waals surface area (Å²) in [4.78, 5) is 16.4. The molecule has 0 saturated carbocycles. The van der Waals surface area contributed by atoms with Gasteiger partial charge in [-0.25, -0.2) is 4.79 Å². The third-order valence-corrected chi connectivity index (χ3v) is 2.96. The van der Waals surface area contributed by atoms with E-state index < -0.39 is 0 Å². The Kier molecular flexibility index (Phi) is 5.91. The molecule has 0 N–H and O–H groups in total. The summed E-state index contributed by atoms with van der Waals surface area (Å²) in [5.74, 6) is -0.359. The van der Waals surface area contributed by atoms with Crippen molar-refractivity contribution in [3.63, 3.8) is 0 Å². The van der Waals surface area contributed by atoms with Crippen molar-refractivity contribution < 1.29 is 9.53 Å². The molecule has 1 aromatic heterocycles. The summed E-state index contributed by atoms with van der Waals surface area (Å²) in [5, 5.41) is 0. The maximum atomic E-state index is 12.1. The van der Waals surface area contributed by atoms with Crippen molar-refractivity contribution in [3.05, 3.63) is 53.4 Å². The van der Waals surface area contributed by atoms with E-state index in [9.17, 15) is 4.79 Å². The fourth-order valence-electron chi connectivity index (χ4n) is 2.03. The molecule has 1 heterocycles. The second kappa shape index (κ2) is 7.43. The van der Waals surface area contributed by atoms with Gasteiger partial charge >= 0.3 is 5.97 Å². The molecule has 0 unspecified atom stereocenters. The van der Waals surface area contributed by atoms with E-state index in [1.165, 1.54) is 0 Å². The van der Waals surface area contributed by atoms with Crippen molar-refractivity contribution >= 4 is 17.6 Å². The number of pyridine rings is 1. The molecule has 0 fully saturated rings. The van der Waals surface area contributed by atoms with E-state index in [-0.39, 0.29) is 5.97 Å². The van der Waals surface area contributed by atoms with Crippen LogP contribution in [0.3, 0.4) is 0 Å². The average Bonchev–Trinajstić information content (AvgIpc) is 2.44. The Labute approximate surface area is 120 Å². The van der Waals surface area contributed by atoms with Crippen LogP contribution in [0.25, 0.3) is 11.6 Å². The largest absolute Gasteiger partial charge is 0.462 e. The van der Waals surface area contributed by atoms with E-state index in [1.54, 1.807) is 19.2 Å². The molecular weight excluding hydrogens is 250 g/mol. The van der Waals surface area contributed by atoms with E-state index in [0.29, 0.717) is 12.2 Å². The zero-order valence-corrected chi connectivity index (χ0v) is 12.6. The molecule has 1 aromatic rings. The van der Waals surface area contributed by atoms with Crippen LogP contribution in [0, 0.1) is 6.92 Å². The topological polar surface area (TPSA) is 39.2 Å². The number of carbonyl (C=O) groups is 1. The lowest BCUT2D eigenvalue weighted by Gasteiger charge is -2.14. The summed E-state index contributed by atoms with van der Waals surface area (Å²) in [6.07, 6.45) is 9.12. The number of hydrogen-bond acceptors (Lipinski definition) is 3. The molecule has 1 rings (SSSR count). The lowest BCUT2D eigenvalue weighted by molar-refractivity contribution is 0.0525. The maximum Gasteiger partial charge on any atom is 0.340 e. The van der Waals surface area contributed by atoms with Crippen LogP contribution < -0.4 is 0 Å². The first-order valence-corrected chi connectivity index (χ1v) is 6.69. The molecule has 0 amide bonds. The van der Waals surface area contributed by atoms with Gasteiger partial charge in [0.05, 0.1) is 12.2 Å². The first-order chi connectivity index (χ1) is 9.60. The molecule has 20 heavy (non-hydrogen) atoms. The Morgan fingerprint density at radius 1 is 1.45 bits per heavy atom. The predicted octanol–water partition coefficient (Wildman–Crippen LogP) is 4.19. The molecule has 0 spiro atoms. The van der Waals surface area contributed by atoms with Crippen molar-refractivity contribution in [2.24, 2.45) is 0 Å². The number of allylic oxidation sites excluding steroid dienone is 4. The van der Waals surface area contributed by atoms with Crippen LogP contribution >= 0.6 is 0 Å². The summed E-state index contributed by atoms with van der Waals surface area (Å²) in [7, 11) is 0. The second-order valence-electron chi connectivity index (χ2n) is 4.21. The third-order valence-electron chi connectivity index (χ3n) is 2.96. The SMILES string of the molecule is C=C/C(=C\C)c1c(C(=O)OCC)cnc(C)c1/C=C\C. The van der Waals surface area contributed by atoms with Crippen LogP contribution in [0.4, 0.5) is 0 Å². The first kappa shape index (κ1) is 15.9. The molecular formula is C17H21NO2. The number of aryl methyl sites for hydroxylation is 1. The lowest BCUT2D eigenvalue weighted by atomic mass is 9.94. The Balaban J connectivity index is 3.64. The number of aromatic nitrogens is 1. The standard InChI is InChI=1S/C17H21NO2/c1-6-10-14-12(5)18-11-15(17(19)20-9-4)16(14)13(7-2)8-3/h6-8,10-11H,2,9H2,1,3-5H3/b10-6-,13-8+. The Hall–Kier alpha value is -2.16. The summed E-state index contributed by atoms with van der Waals surface area (Å²) >= 11 is 0. The number of ether oxygens (including phenoxy) is 1. The third kappa shape index (κ3) is 3.23. The van der Waals surface area contributed by atoms with Crippen LogP contribution in [0.2, 0.25) is 0 Å². The molecule has 3 heteroatoms. The minimum absolute atomic E-state index is 0.338. The van der Waals surface area contributed by atoms with Crippen molar-refractivity contribution in [1.29, 1.82) is 0 Å². The molecule has 0 bridgehead atoms. The van der Waals surface area contributed by atoms with E-state index in [1.807, 2.05) is 39.0 Å². The van der Waals surface area contributed by atoms with Gasteiger partial charge in [0.25, 0.3) is 0 Å². The monoisotopic (exact) mass is 271 g/mol. The highest BCUT2D eigenvalue weighted by Crippen LogP contribution is 2.27. The summed E-state index contributed by atoms with van der Waals surface area (Å²) in [6.45, 7) is 11.7. The first-order valence-electron chi connectivity index (χ1n) is 6.69. The molecule has 0 aliphatic heterocycles. The lowest BCUT2D eigenvalue weighted by Crippen LogP contribution is -2.11. The Morgan fingerprint density at radius 3 is 2.65 bits per heavy atom. The van der Waals surface area contributed by atoms with Gasteiger partial charge in [0.1, 0.15) is 0 Å². The van der Waals surface area contributed by atoms with Crippen LogP contribution in [0.5, 0.6) is 0 Å². The number of esters is 1. The maximum absolute atomic E-state index is 12.1. The van der Waals surface area contributed by atoms with Crippen molar-refractivity contribution in [2.75, 3.05) is 6.61 Å². The minimum Gasteiger partial charge on any atom is -0.462 e. The number of hydrogen-bond donors (Lipinski definition) is 0. The van der Waals surface area contributed by atoms with Gasteiger partial charge in [-0.1, -0.05) is 30.9 Å². The number of nitrogens with zero attached hydrogens (tertiary/aromatic N) is 1. The van der Waals surface area contributed by atoms with E-state index in [0.717, 1.165) is 22.4 Å². The highest BCUT2D eigenvalue weighted by molar-refractivity contribution is 5.98.